The minimum Gasteiger partial charge on any atom is -0.497 e. The Labute approximate surface area is 243 Å². The maximum Gasteiger partial charge on any atom is 0.264 e. The number of aromatic nitrogens is 1. The van der Waals surface area contributed by atoms with Crippen molar-refractivity contribution in [3.63, 3.8) is 0 Å². The van der Waals surface area contributed by atoms with Crippen molar-refractivity contribution in [1.29, 1.82) is 0 Å². The van der Waals surface area contributed by atoms with Gasteiger partial charge in [0.05, 0.1) is 34.0 Å². The lowest BCUT2D eigenvalue weighted by Gasteiger charge is -2.24. The smallest absolute Gasteiger partial charge is 0.264 e. The van der Waals surface area contributed by atoms with Crippen LogP contribution in [0.15, 0.2) is 82.8 Å². The number of carbonyl (C=O) groups is 1. The number of ether oxygens (including phenoxy) is 1. The number of methoxy groups -OCH3 is 1. The van der Waals surface area contributed by atoms with Gasteiger partial charge in [0.15, 0.2) is 0 Å². The van der Waals surface area contributed by atoms with Gasteiger partial charge in [0, 0.05) is 28.7 Å². The maximum atomic E-state index is 13.6. The van der Waals surface area contributed by atoms with E-state index in [1.54, 1.807) is 48.5 Å². The van der Waals surface area contributed by atoms with E-state index in [0.717, 1.165) is 32.5 Å². The quantitative estimate of drug-likeness (QED) is 0.187. The van der Waals surface area contributed by atoms with Gasteiger partial charge in [-0.25, -0.2) is 13.8 Å². The molecule has 1 aromatic heterocycles. The minimum atomic E-state index is -4.07. The zero-order valence-electron chi connectivity index (χ0n) is 22.4. The van der Waals surface area contributed by atoms with Crippen molar-refractivity contribution in [2.45, 2.75) is 25.7 Å². The van der Waals surface area contributed by atoms with E-state index in [1.807, 2.05) is 37.5 Å². The Kier molecular flexibility index (Phi) is 8.88. The van der Waals surface area contributed by atoms with Crippen molar-refractivity contribution in [1.82, 2.24) is 9.99 Å². The summed E-state index contributed by atoms with van der Waals surface area (Å²) < 4.78 is 35.5. The van der Waals surface area contributed by atoms with Crippen LogP contribution in [0.5, 0.6) is 5.75 Å². The van der Waals surface area contributed by atoms with Crippen LogP contribution in [0.4, 0.5) is 5.69 Å². The molecular weight excluding hydrogens is 571 g/mol. The summed E-state index contributed by atoms with van der Waals surface area (Å²) in [5.74, 6) is -0.162. The molecule has 8 nitrogen and oxygen atoms in total. The topological polar surface area (TPSA) is 93.0 Å². The van der Waals surface area contributed by atoms with Crippen molar-refractivity contribution in [2.75, 3.05) is 18.0 Å². The van der Waals surface area contributed by atoms with Crippen LogP contribution in [0.1, 0.15) is 22.5 Å². The molecule has 0 aliphatic carbocycles. The van der Waals surface area contributed by atoms with Crippen LogP contribution in [0.3, 0.4) is 0 Å². The fourth-order valence-electron chi connectivity index (χ4n) is 4.20. The summed E-state index contributed by atoms with van der Waals surface area (Å²) >= 11 is 12.3. The maximum absolute atomic E-state index is 13.6. The zero-order chi connectivity index (χ0) is 29.0. The molecule has 0 aliphatic heterocycles. The SMILES string of the molecule is COc1cccc(N(CC(=O)N/N=C\c2cc(C)n(-c3ccc(Cl)c(Cl)c3)c2C)S(=O)(=O)c2ccc(C)cc2)c1. The summed E-state index contributed by atoms with van der Waals surface area (Å²) in [6.45, 7) is 5.22. The summed E-state index contributed by atoms with van der Waals surface area (Å²) in [4.78, 5) is 13.0. The van der Waals surface area contributed by atoms with E-state index in [0.29, 0.717) is 15.8 Å². The minimum absolute atomic E-state index is 0.0620. The average molecular weight is 600 g/mol. The van der Waals surface area contributed by atoms with Gasteiger partial charge in [-0.3, -0.25) is 9.10 Å². The highest BCUT2D eigenvalue weighted by molar-refractivity contribution is 7.92. The number of carbonyl (C=O) groups excluding carboxylic acids is 1. The molecule has 1 amide bonds. The van der Waals surface area contributed by atoms with Crippen LogP contribution in [0, 0.1) is 20.8 Å². The van der Waals surface area contributed by atoms with Crippen LogP contribution < -0.4 is 14.5 Å². The third-order valence-corrected chi connectivity index (χ3v) is 8.79. The van der Waals surface area contributed by atoms with Crippen LogP contribution in [-0.2, 0) is 14.8 Å². The molecule has 0 saturated heterocycles. The van der Waals surface area contributed by atoms with Crippen LogP contribution in [0.25, 0.3) is 5.69 Å². The summed E-state index contributed by atoms with van der Waals surface area (Å²) in [5.41, 5.74) is 7.04. The Bertz CT molecular complexity index is 1680. The van der Waals surface area contributed by atoms with Gasteiger partial charge in [-0.05, 0) is 69.3 Å². The zero-order valence-corrected chi connectivity index (χ0v) is 24.7. The third kappa shape index (κ3) is 6.33. The molecule has 0 unspecified atom stereocenters. The first-order chi connectivity index (χ1) is 19.0. The highest BCUT2D eigenvalue weighted by Gasteiger charge is 2.27. The second-order valence-electron chi connectivity index (χ2n) is 9.08. The van der Waals surface area contributed by atoms with Gasteiger partial charge in [0.2, 0.25) is 0 Å². The lowest BCUT2D eigenvalue weighted by Crippen LogP contribution is -2.39. The first kappa shape index (κ1) is 29.2. The van der Waals surface area contributed by atoms with Crippen molar-refractivity contribution < 1.29 is 17.9 Å². The standard InChI is InChI=1S/C29H28Cl2N4O4S/c1-19-8-11-26(12-9-19)40(37,38)34(23-6-5-7-25(15-23)39-4)18-29(36)33-32-17-22-14-20(2)35(21(22)3)24-10-13-27(30)28(31)16-24/h5-17H,18H2,1-4H3,(H,33,36)/b32-17-. The highest BCUT2D eigenvalue weighted by Crippen LogP contribution is 2.28. The molecule has 208 valence electrons. The summed E-state index contributed by atoms with van der Waals surface area (Å²) in [6.07, 6.45) is 1.51. The first-order valence-electron chi connectivity index (χ1n) is 12.2. The van der Waals surface area contributed by atoms with Crippen LogP contribution >= 0.6 is 23.2 Å². The molecule has 4 rings (SSSR count). The summed E-state index contributed by atoms with van der Waals surface area (Å²) in [6, 6.07) is 20.2. The molecule has 40 heavy (non-hydrogen) atoms. The number of hydrazone groups is 1. The number of nitrogens with zero attached hydrogens (tertiary/aromatic N) is 3. The van der Waals surface area contributed by atoms with E-state index in [4.69, 9.17) is 27.9 Å². The second kappa shape index (κ2) is 12.2. The largest absolute Gasteiger partial charge is 0.497 e. The van der Waals surface area contributed by atoms with Crippen LogP contribution in [-0.4, -0.2) is 38.8 Å². The molecule has 4 aromatic rings. The number of nitrogens with one attached hydrogen (secondary N) is 1. The van der Waals surface area contributed by atoms with Gasteiger partial charge in [-0.2, -0.15) is 5.10 Å². The summed E-state index contributed by atoms with van der Waals surface area (Å²) in [7, 11) is -2.59. The fraction of sp³-hybridized carbons (Fsp3) is 0.172. The van der Waals surface area contributed by atoms with Crippen molar-refractivity contribution in [2.24, 2.45) is 5.10 Å². The molecule has 11 heteroatoms. The van der Waals surface area contributed by atoms with E-state index in [1.165, 1.54) is 25.5 Å². The number of sulfonamides is 1. The number of hydrogen-bond donors (Lipinski definition) is 1. The van der Waals surface area contributed by atoms with Gasteiger partial charge in [0.1, 0.15) is 12.3 Å². The Balaban J connectivity index is 1.57. The van der Waals surface area contributed by atoms with Gasteiger partial charge in [-0.1, -0.05) is 47.0 Å². The van der Waals surface area contributed by atoms with Gasteiger partial charge in [-0.15, -0.1) is 0 Å². The number of halogens is 2. The Morgan fingerprint density at radius 3 is 2.40 bits per heavy atom. The molecule has 0 bridgehead atoms. The molecule has 0 aliphatic rings. The molecule has 0 fully saturated rings. The molecule has 1 heterocycles. The fourth-order valence-corrected chi connectivity index (χ4v) is 5.90. The van der Waals surface area contributed by atoms with Gasteiger partial charge < -0.3 is 9.30 Å². The Hall–Kier alpha value is -3.79. The molecule has 0 spiro atoms. The first-order valence-corrected chi connectivity index (χ1v) is 14.4. The predicted molar refractivity (Wildman–Crippen MR) is 160 cm³/mol. The number of hydrogen-bond acceptors (Lipinski definition) is 5. The van der Waals surface area contributed by atoms with E-state index in [2.05, 4.69) is 10.5 Å². The average Bonchev–Trinajstić information content (AvgIpc) is 3.21. The molecule has 0 atom stereocenters. The lowest BCUT2D eigenvalue weighted by atomic mass is 10.2. The predicted octanol–water partition coefficient (Wildman–Crippen LogP) is 6.06. The Morgan fingerprint density at radius 2 is 1.73 bits per heavy atom. The molecule has 0 radical (unpaired) electrons. The lowest BCUT2D eigenvalue weighted by molar-refractivity contribution is -0.119. The number of benzene rings is 3. The van der Waals surface area contributed by atoms with Crippen molar-refractivity contribution in [3.8, 4) is 11.4 Å². The Morgan fingerprint density at radius 1 is 1.00 bits per heavy atom. The molecule has 3 aromatic carbocycles. The normalized spacial score (nSPS) is 11.6. The number of amides is 1. The van der Waals surface area contributed by atoms with Gasteiger partial charge >= 0.3 is 0 Å². The number of rotatable bonds is 9. The molecular formula is C29H28Cl2N4O4S. The van der Waals surface area contributed by atoms with E-state index in [-0.39, 0.29) is 10.6 Å². The second-order valence-corrected chi connectivity index (χ2v) is 11.8. The summed E-state index contributed by atoms with van der Waals surface area (Å²) in [5, 5.41) is 5.00. The molecule has 1 N–H and O–H groups in total. The van der Waals surface area contributed by atoms with Crippen molar-refractivity contribution in [3.05, 3.63) is 105 Å². The third-order valence-electron chi connectivity index (χ3n) is 6.26. The number of anilines is 1. The molecule has 0 saturated carbocycles. The highest BCUT2D eigenvalue weighted by atomic mass is 35.5. The monoisotopic (exact) mass is 598 g/mol. The van der Waals surface area contributed by atoms with Crippen LogP contribution in [0.2, 0.25) is 10.0 Å². The van der Waals surface area contributed by atoms with E-state index in [9.17, 15) is 13.2 Å². The van der Waals surface area contributed by atoms with Crippen molar-refractivity contribution >= 4 is 51.0 Å². The van der Waals surface area contributed by atoms with E-state index >= 15 is 0 Å². The van der Waals surface area contributed by atoms with Gasteiger partial charge in [0.25, 0.3) is 15.9 Å². The number of aryl methyl sites for hydroxylation is 2. The van der Waals surface area contributed by atoms with E-state index < -0.39 is 22.5 Å².